The van der Waals surface area contributed by atoms with Gasteiger partial charge in [0, 0.05) is 43.6 Å². The van der Waals surface area contributed by atoms with E-state index in [1.54, 1.807) is 0 Å². The highest BCUT2D eigenvalue weighted by Crippen LogP contribution is 2.33. The molecule has 3 heterocycles. The van der Waals surface area contributed by atoms with Crippen LogP contribution in [0.1, 0.15) is 38.5 Å². The normalized spacial score (nSPS) is 22.1. The molecule has 0 bridgehead atoms. The van der Waals surface area contributed by atoms with Crippen molar-refractivity contribution in [1.82, 2.24) is 9.97 Å². The van der Waals surface area contributed by atoms with E-state index in [0.29, 0.717) is 19.3 Å². The maximum Gasteiger partial charge on any atom is 0.227 e. The molecule has 1 N–H and O–H groups in total. The monoisotopic (exact) mass is 380 g/mol. The van der Waals surface area contributed by atoms with Crippen LogP contribution in [0.4, 0.5) is 11.8 Å². The minimum absolute atomic E-state index is 0.377. The Labute approximate surface area is 166 Å². The van der Waals surface area contributed by atoms with E-state index in [1.807, 2.05) is 6.07 Å². The number of ether oxygens (including phenoxy) is 2. The van der Waals surface area contributed by atoms with E-state index in [4.69, 9.17) is 19.4 Å². The summed E-state index contributed by atoms with van der Waals surface area (Å²) in [5, 5.41) is 3.65. The Hall–Kier alpha value is -2.18. The van der Waals surface area contributed by atoms with Gasteiger partial charge >= 0.3 is 0 Å². The maximum atomic E-state index is 5.87. The van der Waals surface area contributed by atoms with E-state index in [0.717, 1.165) is 49.0 Å². The maximum absolute atomic E-state index is 5.87. The zero-order chi connectivity index (χ0) is 18.8. The second-order valence-electron chi connectivity index (χ2n) is 8.02. The standard InChI is InChI=1S/C22H28N4O2/c1-2-6-17(7-3-1)19-16-20(23-18-8-4-5-9-18)25-21(24-19)26-12-10-22(11-13-26)27-14-15-28-22/h1-3,6-7,16,18H,4-5,8-15H2,(H,23,24,25). The molecule has 0 atom stereocenters. The summed E-state index contributed by atoms with van der Waals surface area (Å²) in [5.74, 6) is 1.36. The largest absolute Gasteiger partial charge is 0.367 e. The highest BCUT2D eigenvalue weighted by molar-refractivity contribution is 5.64. The summed E-state index contributed by atoms with van der Waals surface area (Å²) < 4.78 is 11.7. The molecule has 0 radical (unpaired) electrons. The number of rotatable bonds is 4. The van der Waals surface area contributed by atoms with Crippen LogP contribution in [0.15, 0.2) is 36.4 Å². The summed E-state index contributed by atoms with van der Waals surface area (Å²) >= 11 is 0. The number of anilines is 2. The number of hydrogen-bond acceptors (Lipinski definition) is 6. The number of aromatic nitrogens is 2. The number of nitrogens with one attached hydrogen (secondary N) is 1. The van der Waals surface area contributed by atoms with Gasteiger partial charge in [-0.15, -0.1) is 0 Å². The molecule has 1 aromatic carbocycles. The molecule has 148 valence electrons. The molecular weight excluding hydrogens is 352 g/mol. The van der Waals surface area contributed by atoms with Crippen LogP contribution in [-0.4, -0.2) is 48.1 Å². The van der Waals surface area contributed by atoms with Crippen molar-refractivity contribution in [1.29, 1.82) is 0 Å². The second kappa shape index (κ2) is 7.68. The SMILES string of the molecule is c1ccc(-c2cc(NC3CCCC3)nc(N3CCC4(CC3)OCCO4)n2)cc1. The Morgan fingerprint density at radius 2 is 1.68 bits per heavy atom. The van der Waals surface area contributed by atoms with Gasteiger partial charge < -0.3 is 19.7 Å². The van der Waals surface area contributed by atoms with Gasteiger partial charge in [-0.3, -0.25) is 0 Å². The lowest BCUT2D eigenvalue weighted by atomic mass is 10.0. The molecule has 6 heteroatoms. The molecule has 5 rings (SSSR count). The second-order valence-corrected chi connectivity index (χ2v) is 8.02. The Morgan fingerprint density at radius 3 is 2.39 bits per heavy atom. The van der Waals surface area contributed by atoms with Crippen molar-refractivity contribution in [2.24, 2.45) is 0 Å². The Kier molecular flexibility index (Phi) is 4.91. The quantitative estimate of drug-likeness (QED) is 0.870. The molecule has 2 aliphatic heterocycles. The highest BCUT2D eigenvalue weighted by atomic mass is 16.7. The third kappa shape index (κ3) is 3.71. The van der Waals surface area contributed by atoms with Gasteiger partial charge in [0.1, 0.15) is 5.82 Å². The molecule has 0 amide bonds. The van der Waals surface area contributed by atoms with Crippen molar-refractivity contribution in [3.05, 3.63) is 36.4 Å². The Balaban J connectivity index is 1.41. The summed E-state index contributed by atoms with van der Waals surface area (Å²) in [4.78, 5) is 12.1. The predicted molar refractivity (Wildman–Crippen MR) is 109 cm³/mol. The van der Waals surface area contributed by atoms with Gasteiger partial charge in [-0.2, -0.15) is 4.98 Å². The smallest absolute Gasteiger partial charge is 0.227 e. The van der Waals surface area contributed by atoms with Crippen molar-refractivity contribution in [2.45, 2.75) is 50.4 Å². The van der Waals surface area contributed by atoms with Crippen LogP contribution in [0.3, 0.4) is 0 Å². The van der Waals surface area contributed by atoms with Gasteiger partial charge in [-0.05, 0) is 12.8 Å². The van der Waals surface area contributed by atoms with Gasteiger partial charge in [0.05, 0.1) is 18.9 Å². The van der Waals surface area contributed by atoms with Crippen LogP contribution >= 0.6 is 0 Å². The van der Waals surface area contributed by atoms with E-state index in [1.165, 1.54) is 25.7 Å². The Morgan fingerprint density at radius 1 is 0.964 bits per heavy atom. The van der Waals surface area contributed by atoms with E-state index in [9.17, 15) is 0 Å². The molecule has 1 saturated carbocycles. The lowest BCUT2D eigenvalue weighted by Crippen LogP contribution is -2.45. The van der Waals surface area contributed by atoms with E-state index >= 15 is 0 Å². The fraction of sp³-hybridized carbons (Fsp3) is 0.545. The number of piperidine rings is 1. The average molecular weight is 380 g/mol. The van der Waals surface area contributed by atoms with Gasteiger partial charge in [0.15, 0.2) is 5.79 Å². The first-order valence-corrected chi connectivity index (χ1v) is 10.5. The number of hydrogen-bond donors (Lipinski definition) is 1. The predicted octanol–water partition coefficient (Wildman–Crippen LogP) is 3.84. The number of benzene rings is 1. The first-order chi connectivity index (χ1) is 13.8. The van der Waals surface area contributed by atoms with Crippen molar-refractivity contribution < 1.29 is 9.47 Å². The summed E-state index contributed by atoms with van der Waals surface area (Å²) in [6.45, 7) is 3.10. The molecule has 3 fully saturated rings. The topological polar surface area (TPSA) is 59.5 Å². The van der Waals surface area contributed by atoms with E-state index < -0.39 is 0 Å². The van der Waals surface area contributed by atoms with Crippen LogP contribution in [0.25, 0.3) is 11.3 Å². The highest BCUT2D eigenvalue weighted by Gasteiger charge is 2.40. The minimum atomic E-state index is -0.377. The van der Waals surface area contributed by atoms with Crippen LogP contribution in [0.5, 0.6) is 0 Å². The fourth-order valence-corrected chi connectivity index (χ4v) is 4.52. The van der Waals surface area contributed by atoms with Gasteiger partial charge in [-0.25, -0.2) is 4.98 Å². The summed E-state index contributed by atoms with van der Waals surface area (Å²) in [6, 6.07) is 13.0. The van der Waals surface area contributed by atoms with E-state index in [-0.39, 0.29) is 5.79 Å². The zero-order valence-corrected chi connectivity index (χ0v) is 16.3. The molecule has 1 aliphatic carbocycles. The first-order valence-electron chi connectivity index (χ1n) is 10.5. The molecular formula is C22H28N4O2. The minimum Gasteiger partial charge on any atom is -0.367 e. The van der Waals surface area contributed by atoms with Crippen LogP contribution in [0, 0.1) is 0 Å². The van der Waals surface area contributed by atoms with Crippen LogP contribution < -0.4 is 10.2 Å². The molecule has 1 spiro atoms. The third-order valence-electron chi connectivity index (χ3n) is 6.11. The van der Waals surface area contributed by atoms with Crippen LogP contribution in [-0.2, 0) is 9.47 Å². The third-order valence-corrected chi connectivity index (χ3v) is 6.11. The summed E-state index contributed by atoms with van der Waals surface area (Å²) in [6.07, 6.45) is 6.77. The number of nitrogens with zero attached hydrogens (tertiary/aromatic N) is 3. The molecule has 6 nitrogen and oxygen atoms in total. The summed E-state index contributed by atoms with van der Waals surface area (Å²) in [7, 11) is 0. The summed E-state index contributed by atoms with van der Waals surface area (Å²) in [5.41, 5.74) is 2.09. The van der Waals surface area contributed by atoms with Crippen molar-refractivity contribution in [3.63, 3.8) is 0 Å². The lowest BCUT2D eigenvalue weighted by Gasteiger charge is -2.37. The average Bonchev–Trinajstić information content (AvgIpc) is 3.42. The molecule has 0 unspecified atom stereocenters. The molecule has 1 aromatic heterocycles. The van der Waals surface area contributed by atoms with Gasteiger partial charge in [-0.1, -0.05) is 43.2 Å². The zero-order valence-electron chi connectivity index (χ0n) is 16.3. The lowest BCUT2D eigenvalue weighted by molar-refractivity contribution is -0.169. The fourth-order valence-electron chi connectivity index (χ4n) is 4.52. The van der Waals surface area contributed by atoms with Gasteiger partial charge in [0.25, 0.3) is 0 Å². The molecule has 3 aliphatic rings. The van der Waals surface area contributed by atoms with Crippen LogP contribution in [0.2, 0.25) is 0 Å². The van der Waals surface area contributed by atoms with Crippen molar-refractivity contribution in [3.8, 4) is 11.3 Å². The first kappa shape index (κ1) is 17.9. The van der Waals surface area contributed by atoms with Crippen molar-refractivity contribution in [2.75, 3.05) is 36.5 Å². The Bertz CT molecular complexity index is 791. The van der Waals surface area contributed by atoms with Crippen molar-refractivity contribution >= 4 is 11.8 Å². The molecule has 28 heavy (non-hydrogen) atoms. The van der Waals surface area contributed by atoms with E-state index in [2.05, 4.69) is 40.5 Å². The molecule has 2 aromatic rings. The van der Waals surface area contributed by atoms with Gasteiger partial charge in [0.2, 0.25) is 5.95 Å². The molecule has 2 saturated heterocycles.